The van der Waals surface area contributed by atoms with Gasteiger partial charge in [-0.15, -0.1) is 0 Å². The minimum Gasteiger partial charge on any atom is -0.398 e. The van der Waals surface area contributed by atoms with E-state index in [1.165, 1.54) is 10.4 Å². The van der Waals surface area contributed by atoms with Crippen LogP contribution in [0.2, 0.25) is 0 Å². The average Bonchev–Trinajstić information content (AvgIpc) is 2.44. The maximum Gasteiger partial charge on any atom is 0.264 e. The summed E-state index contributed by atoms with van der Waals surface area (Å²) in [6.07, 6.45) is 0. The summed E-state index contributed by atoms with van der Waals surface area (Å²) in [7, 11) is -3.62. The van der Waals surface area contributed by atoms with Crippen LogP contribution in [0.1, 0.15) is 12.5 Å². The Kier molecular flexibility index (Phi) is 4.58. The quantitative estimate of drug-likeness (QED) is 0.839. The molecular weight excluding hydrogens is 352 g/mol. The third-order valence-electron chi connectivity index (χ3n) is 3.16. The summed E-state index contributed by atoms with van der Waals surface area (Å²) in [6.45, 7) is 4.12. The molecule has 112 valence electrons. The molecule has 6 heteroatoms. The number of rotatable bonds is 4. The van der Waals surface area contributed by atoms with E-state index in [0.29, 0.717) is 22.4 Å². The van der Waals surface area contributed by atoms with Gasteiger partial charge in [0.2, 0.25) is 0 Å². The summed E-state index contributed by atoms with van der Waals surface area (Å²) >= 11 is 3.27. The molecule has 0 saturated heterocycles. The van der Waals surface area contributed by atoms with Gasteiger partial charge >= 0.3 is 0 Å². The predicted octanol–water partition coefficient (Wildman–Crippen LogP) is 3.55. The third-order valence-corrected chi connectivity index (χ3v) is 5.79. The molecule has 0 aliphatic heterocycles. The number of aryl methyl sites for hydroxylation is 1. The molecule has 0 aliphatic carbocycles. The van der Waals surface area contributed by atoms with E-state index in [1.54, 1.807) is 31.2 Å². The molecule has 0 bridgehead atoms. The van der Waals surface area contributed by atoms with Gasteiger partial charge in [-0.3, -0.25) is 4.31 Å². The maximum absolute atomic E-state index is 12.8. The molecule has 21 heavy (non-hydrogen) atoms. The van der Waals surface area contributed by atoms with Gasteiger partial charge in [-0.2, -0.15) is 0 Å². The zero-order chi connectivity index (χ0) is 15.6. The van der Waals surface area contributed by atoms with Crippen LogP contribution < -0.4 is 10.0 Å². The lowest BCUT2D eigenvalue weighted by atomic mass is 10.2. The molecule has 0 radical (unpaired) electrons. The van der Waals surface area contributed by atoms with Crippen molar-refractivity contribution >= 4 is 37.3 Å². The largest absolute Gasteiger partial charge is 0.398 e. The first-order valence-corrected chi connectivity index (χ1v) is 8.74. The molecule has 2 aromatic carbocycles. The van der Waals surface area contributed by atoms with Gasteiger partial charge in [0.15, 0.2) is 0 Å². The summed E-state index contributed by atoms with van der Waals surface area (Å²) in [4.78, 5) is 0.186. The first kappa shape index (κ1) is 15.9. The highest BCUT2D eigenvalue weighted by molar-refractivity contribution is 9.10. The smallest absolute Gasteiger partial charge is 0.264 e. The van der Waals surface area contributed by atoms with Crippen LogP contribution in [-0.2, 0) is 10.0 Å². The molecule has 0 saturated carbocycles. The van der Waals surface area contributed by atoms with Gasteiger partial charge in [0.25, 0.3) is 10.0 Å². The topological polar surface area (TPSA) is 63.4 Å². The predicted molar refractivity (Wildman–Crippen MR) is 89.9 cm³/mol. The van der Waals surface area contributed by atoms with Crippen molar-refractivity contribution in [3.63, 3.8) is 0 Å². The lowest BCUT2D eigenvalue weighted by Gasteiger charge is -2.23. The monoisotopic (exact) mass is 368 g/mol. The molecular formula is C15H17BrN2O2S. The van der Waals surface area contributed by atoms with Crippen molar-refractivity contribution in [1.29, 1.82) is 0 Å². The van der Waals surface area contributed by atoms with Crippen LogP contribution in [0.5, 0.6) is 0 Å². The molecule has 0 amide bonds. The van der Waals surface area contributed by atoms with Gasteiger partial charge in [0.1, 0.15) is 0 Å². The van der Waals surface area contributed by atoms with Crippen LogP contribution >= 0.6 is 15.9 Å². The number of halogens is 1. The van der Waals surface area contributed by atoms with E-state index in [9.17, 15) is 8.42 Å². The number of benzene rings is 2. The molecule has 0 aliphatic rings. The standard InChI is InChI=1S/C15H17BrN2O2S/c1-3-18(12-6-4-11(2)5-7-12)21(19,20)13-8-9-14(16)15(17)10-13/h4-10H,3,17H2,1-2H3. The Morgan fingerprint density at radius 2 is 1.76 bits per heavy atom. The molecule has 0 heterocycles. The zero-order valence-corrected chi connectivity index (χ0v) is 14.3. The lowest BCUT2D eigenvalue weighted by Crippen LogP contribution is -2.30. The van der Waals surface area contributed by atoms with Gasteiger partial charge in [0, 0.05) is 16.7 Å². The molecule has 2 aromatic rings. The first-order chi connectivity index (χ1) is 9.86. The number of nitrogens with zero attached hydrogens (tertiary/aromatic N) is 1. The van der Waals surface area contributed by atoms with Crippen molar-refractivity contribution < 1.29 is 8.42 Å². The SMILES string of the molecule is CCN(c1ccc(C)cc1)S(=O)(=O)c1ccc(Br)c(N)c1. The third kappa shape index (κ3) is 3.22. The summed E-state index contributed by atoms with van der Waals surface area (Å²) < 4.78 is 27.6. The fourth-order valence-electron chi connectivity index (χ4n) is 2.01. The van der Waals surface area contributed by atoms with Crippen LogP contribution in [0, 0.1) is 6.92 Å². The van der Waals surface area contributed by atoms with Gasteiger partial charge < -0.3 is 5.73 Å². The van der Waals surface area contributed by atoms with Crippen molar-refractivity contribution in [1.82, 2.24) is 0 Å². The summed E-state index contributed by atoms with van der Waals surface area (Å²) in [5.74, 6) is 0. The Hall–Kier alpha value is -1.53. The van der Waals surface area contributed by atoms with Crippen molar-refractivity contribution in [3.05, 3.63) is 52.5 Å². The van der Waals surface area contributed by atoms with E-state index in [2.05, 4.69) is 15.9 Å². The Labute approximate surface area is 133 Å². The lowest BCUT2D eigenvalue weighted by molar-refractivity contribution is 0.592. The average molecular weight is 369 g/mol. The summed E-state index contributed by atoms with van der Waals surface area (Å²) in [5, 5.41) is 0. The number of nitrogens with two attached hydrogens (primary N) is 1. The Morgan fingerprint density at radius 3 is 2.29 bits per heavy atom. The molecule has 4 nitrogen and oxygen atoms in total. The van der Waals surface area contributed by atoms with Crippen molar-refractivity contribution in [3.8, 4) is 0 Å². The minimum absolute atomic E-state index is 0.186. The fraction of sp³-hybridized carbons (Fsp3) is 0.200. The minimum atomic E-state index is -3.62. The number of hydrogen-bond donors (Lipinski definition) is 1. The van der Waals surface area contributed by atoms with E-state index in [0.717, 1.165) is 5.56 Å². The molecule has 2 rings (SSSR count). The second kappa shape index (κ2) is 6.07. The van der Waals surface area contributed by atoms with Gasteiger partial charge in [-0.05, 0) is 60.1 Å². The van der Waals surface area contributed by atoms with Crippen LogP contribution in [0.25, 0.3) is 0 Å². The number of sulfonamides is 1. The van der Waals surface area contributed by atoms with E-state index in [4.69, 9.17) is 5.73 Å². The first-order valence-electron chi connectivity index (χ1n) is 6.50. The van der Waals surface area contributed by atoms with Crippen LogP contribution in [0.4, 0.5) is 11.4 Å². The van der Waals surface area contributed by atoms with E-state index in [1.807, 2.05) is 19.1 Å². The highest BCUT2D eigenvalue weighted by Gasteiger charge is 2.24. The Balaban J connectivity index is 2.49. The molecule has 0 aromatic heterocycles. The molecule has 0 unspecified atom stereocenters. The maximum atomic E-state index is 12.8. The molecule has 0 spiro atoms. The van der Waals surface area contributed by atoms with Crippen molar-refractivity contribution in [2.75, 3.05) is 16.6 Å². The highest BCUT2D eigenvalue weighted by Crippen LogP contribution is 2.27. The van der Waals surface area contributed by atoms with Gasteiger partial charge in [-0.1, -0.05) is 17.7 Å². The highest BCUT2D eigenvalue weighted by atomic mass is 79.9. The van der Waals surface area contributed by atoms with Crippen LogP contribution in [-0.4, -0.2) is 15.0 Å². The second-order valence-electron chi connectivity index (χ2n) is 4.69. The normalized spacial score (nSPS) is 11.4. The summed E-state index contributed by atoms with van der Waals surface area (Å²) in [6, 6.07) is 12.1. The Bertz CT molecular complexity index is 743. The van der Waals surface area contributed by atoms with E-state index >= 15 is 0 Å². The van der Waals surface area contributed by atoms with Crippen LogP contribution in [0.3, 0.4) is 0 Å². The summed E-state index contributed by atoms with van der Waals surface area (Å²) in [5.41, 5.74) is 7.91. The number of hydrogen-bond acceptors (Lipinski definition) is 3. The molecule has 0 fully saturated rings. The van der Waals surface area contributed by atoms with Gasteiger partial charge in [0.05, 0.1) is 10.6 Å². The van der Waals surface area contributed by atoms with E-state index in [-0.39, 0.29) is 4.90 Å². The zero-order valence-electron chi connectivity index (χ0n) is 11.9. The van der Waals surface area contributed by atoms with Crippen LogP contribution in [0.15, 0.2) is 51.8 Å². The van der Waals surface area contributed by atoms with Crippen molar-refractivity contribution in [2.45, 2.75) is 18.7 Å². The van der Waals surface area contributed by atoms with Gasteiger partial charge in [-0.25, -0.2) is 8.42 Å². The molecule has 2 N–H and O–H groups in total. The second-order valence-corrected chi connectivity index (χ2v) is 7.41. The Morgan fingerprint density at radius 1 is 1.14 bits per heavy atom. The number of anilines is 2. The molecule has 0 atom stereocenters. The number of nitrogen functional groups attached to an aromatic ring is 1. The van der Waals surface area contributed by atoms with Crippen molar-refractivity contribution in [2.24, 2.45) is 0 Å². The fourth-order valence-corrected chi connectivity index (χ4v) is 3.77. The van der Waals surface area contributed by atoms with E-state index < -0.39 is 10.0 Å².